The molecule has 1 unspecified atom stereocenters. The van der Waals surface area contributed by atoms with Crippen LogP contribution in [-0.4, -0.2) is 29.2 Å². The highest BCUT2D eigenvalue weighted by molar-refractivity contribution is 7.98. The largest absolute Gasteiger partial charge is 0.396 e. The van der Waals surface area contributed by atoms with Gasteiger partial charge >= 0.3 is 0 Å². The first kappa shape index (κ1) is 16.0. The zero-order valence-electron chi connectivity index (χ0n) is 11.0. The Bertz CT molecular complexity index is 451. The molecular formula is C15H19FO2S. The molecule has 0 saturated carbocycles. The summed E-state index contributed by atoms with van der Waals surface area (Å²) in [6.45, 7) is 2.17. The van der Waals surface area contributed by atoms with Gasteiger partial charge in [-0.1, -0.05) is 18.8 Å². The van der Waals surface area contributed by atoms with Crippen LogP contribution in [0.3, 0.4) is 0 Å². The number of aliphatic hydroxyl groups is 2. The fraction of sp³-hybridized carbons (Fsp3) is 0.467. The Morgan fingerprint density at radius 3 is 2.79 bits per heavy atom. The number of halogens is 1. The molecule has 1 rings (SSSR count). The third kappa shape index (κ3) is 6.63. The second-order valence-electron chi connectivity index (χ2n) is 4.43. The predicted octanol–water partition coefficient (Wildman–Crippen LogP) is 2.42. The van der Waals surface area contributed by atoms with Crippen LogP contribution in [0.5, 0.6) is 0 Å². The molecule has 104 valence electrons. The molecule has 1 atom stereocenters. The molecule has 1 aromatic carbocycles. The van der Waals surface area contributed by atoms with Crippen LogP contribution < -0.4 is 0 Å². The smallest absolute Gasteiger partial charge is 0.124 e. The van der Waals surface area contributed by atoms with Crippen LogP contribution in [0.25, 0.3) is 0 Å². The van der Waals surface area contributed by atoms with Gasteiger partial charge in [-0.2, -0.15) is 11.8 Å². The molecule has 0 aliphatic rings. The molecule has 0 spiro atoms. The highest BCUT2D eigenvalue weighted by atomic mass is 32.2. The lowest BCUT2D eigenvalue weighted by Gasteiger charge is -2.07. The van der Waals surface area contributed by atoms with Gasteiger partial charge in [0.1, 0.15) is 5.82 Å². The van der Waals surface area contributed by atoms with E-state index in [1.54, 1.807) is 11.8 Å². The van der Waals surface area contributed by atoms with Gasteiger partial charge in [0.15, 0.2) is 0 Å². The summed E-state index contributed by atoms with van der Waals surface area (Å²) in [6, 6.07) is 4.77. The highest BCUT2D eigenvalue weighted by Crippen LogP contribution is 2.17. The van der Waals surface area contributed by atoms with Crippen LogP contribution in [0.2, 0.25) is 0 Å². The van der Waals surface area contributed by atoms with E-state index in [-0.39, 0.29) is 24.9 Å². The van der Waals surface area contributed by atoms with Gasteiger partial charge in [0, 0.05) is 24.3 Å². The first-order valence-electron chi connectivity index (χ1n) is 6.23. The van der Waals surface area contributed by atoms with E-state index in [2.05, 4.69) is 11.8 Å². The van der Waals surface area contributed by atoms with Gasteiger partial charge < -0.3 is 10.2 Å². The molecule has 0 saturated heterocycles. The molecule has 0 aliphatic carbocycles. The monoisotopic (exact) mass is 282 g/mol. The van der Waals surface area contributed by atoms with Gasteiger partial charge in [-0.15, -0.1) is 0 Å². The summed E-state index contributed by atoms with van der Waals surface area (Å²) in [5.41, 5.74) is 1.53. The van der Waals surface area contributed by atoms with E-state index in [0.717, 1.165) is 11.3 Å². The lowest BCUT2D eigenvalue weighted by atomic mass is 10.1. The van der Waals surface area contributed by atoms with Gasteiger partial charge in [0.05, 0.1) is 6.61 Å². The molecule has 0 bridgehead atoms. The van der Waals surface area contributed by atoms with Gasteiger partial charge in [-0.25, -0.2) is 4.39 Å². The first-order valence-corrected chi connectivity index (χ1v) is 7.39. The van der Waals surface area contributed by atoms with E-state index in [0.29, 0.717) is 17.7 Å². The Morgan fingerprint density at radius 1 is 1.32 bits per heavy atom. The van der Waals surface area contributed by atoms with Crippen LogP contribution in [0.4, 0.5) is 4.39 Å². The second kappa shape index (κ2) is 8.98. The van der Waals surface area contributed by atoms with Crippen molar-refractivity contribution in [1.82, 2.24) is 0 Å². The summed E-state index contributed by atoms with van der Waals surface area (Å²) in [4.78, 5) is 0. The fourth-order valence-electron chi connectivity index (χ4n) is 1.46. The zero-order valence-corrected chi connectivity index (χ0v) is 11.8. The van der Waals surface area contributed by atoms with E-state index in [9.17, 15) is 4.39 Å². The number of benzene rings is 1. The normalized spacial score (nSPS) is 11.8. The number of aliphatic hydroxyl groups excluding tert-OH is 2. The number of thioether (sulfide) groups is 1. The molecule has 1 aromatic rings. The molecule has 0 amide bonds. The minimum absolute atomic E-state index is 0.0179. The zero-order chi connectivity index (χ0) is 14.1. The van der Waals surface area contributed by atoms with Crippen LogP contribution >= 0.6 is 11.8 Å². The second-order valence-corrected chi connectivity index (χ2v) is 5.46. The number of rotatable bonds is 6. The van der Waals surface area contributed by atoms with Crippen molar-refractivity contribution in [3.8, 4) is 11.8 Å². The third-order valence-corrected chi connectivity index (χ3v) is 3.75. The van der Waals surface area contributed by atoms with Crippen molar-refractivity contribution in [2.24, 2.45) is 5.92 Å². The Labute approximate surface area is 118 Å². The Kier molecular flexibility index (Phi) is 7.57. The van der Waals surface area contributed by atoms with Crippen molar-refractivity contribution >= 4 is 11.8 Å². The quantitative estimate of drug-likeness (QED) is 0.787. The Hall–Kier alpha value is -1.02. The molecule has 19 heavy (non-hydrogen) atoms. The van der Waals surface area contributed by atoms with Crippen LogP contribution in [0.1, 0.15) is 24.5 Å². The first-order chi connectivity index (χ1) is 9.15. The van der Waals surface area contributed by atoms with Gasteiger partial charge in [0.25, 0.3) is 0 Å². The fourth-order valence-corrected chi connectivity index (χ4v) is 2.49. The average Bonchev–Trinajstić information content (AvgIpc) is 2.38. The van der Waals surface area contributed by atoms with Crippen molar-refractivity contribution in [3.63, 3.8) is 0 Å². The van der Waals surface area contributed by atoms with E-state index in [1.165, 1.54) is 12.1 Å². The average molecular weight is 282 g/mol. The summed E-state index contributed by atoms with van der Waals surface area (Å²) in [5, 5.41) is 17.6. The maximum Gasteiger partial charge on any atom is 0.124 e. The van der Waals surface area contributed by atoms with Crippen molar-refractivity contribution in [2.45, 2.75) is 19.1 Å². The topological polar surface area (TPSA) is 40.5 Å². The van der Waals surface area contributed by atoms with Gasteiger partial charge in [-0.3, -0.25) is 0 Å². The Balaban J connectivity index is 2.61. The molecular weight excluding hydrogens is 263 g/mol. The molecule has 0 aromatic heterocycles. The number of hydrogen-bond acceptors (Lipinski definition) is 3. The van der Waals surface area contributed by atoms with E-state index in [1.807, 2.05) is 13.0 Å². The Morgan fingerprint density at radius 2 is 2.11 bits per heavy atom. The highest BCUT2D eigenvalue weighted by Gasteiger charge is 2.03. The molecule has 2 nitrogen and oxygen atoms in total. The molecule has 0 fully saturated rings. The van der Waals surface area contributed by atoms with Crippen molar-refractivity contribution in [2.75, 3.05) is 19.0 Å². The van der Waals surface area contributed by atoms with Crippen LogP contribution in [0.15, 0.2) is 18.2 Å². The molecule has 0 aliphatic heterocycles. The maximum absolute atomic E-state index is 13.4. The molecule has 4 heteroatoms. The standard InChI is InChI=1S/C15H19FO2S/c1-12(9-18)10-19-11-14-6-13(4-2-3-5-17)7-15(16)8-14/h6-8,12,17-18H,3,5,9-11H2,1H3. The van der Waals surface area contributed by atoms with Crippen LogP contribution in [0, 0.1) is 23.6 Å². The predicted molar refractivity (Wildman–Crippen MR) is 77.4 cm³/mol. The van der Waals surface area contributed by atoms with Crippen molar-refractivity contribution < 1.29 is 14.6 Å². The molecule has 0 radical (unpaired) electrons. The molecule has 2 N–H and O–H groups in total. The van der Waals surface area contributed by atoms with E-state index < -0.39 is 0 Å². The van der Waals surface area contributed by atoms with Gasteiger partial charge in [0.2, 0.25) is 0 Å². The lowest BCUT2D eigenvalue weighted by Crippen LogP contribution is -2.03. The third-order valence-electron chi connectivity index (χ3n) is 2.41. The minimum atomic E-state index is -0.290. The summed E-state index contributed by atoms with van der Waals surface area (Å²) in [5.74, 6) is 7.13. The summed E-state index contributed by atoms with van der Waals surface area (Å²) in [6.07, 6.45) is 0.397. The molecule has 0 heterocycles. The summed E-state index contributed by atoms with van der Waals surface area (Å²) >= 11 is 1.67. The number of hydrogen-bond donors (Lipinski definition) is 2. The minimum Gasteiger partial charge on any atom is -0.396 e. The SMILES string of the molecule is CC(CO)CSCc1cc(F)cc(C#CCCO)c1. The summed E-state index contributed by atoms with van der Waals surface area (Å²) < 4.78 is 13.4. The summed E-state index contributed by atoms with van der Waals surface area (Å²) in [7, 11) is 0. The maximum atomic E-state index is 13.4. The van der Waals surface area contributed by atoms with Crippen molar-refractivity contribution in [1.29, 1.82) is 0 Å². The van der Waals surface area contributed by atoms with Crippen LogP contribution in [-0.2, 0) is 5.75 Å². The van der Waals surface area contributed by atoms with Gasteiger partial charge in [-0.05, 0) is 35.4 Å². The lowest BCUT2D eigenvalue weighted by molar-refractivity contribution is 0.250. The van der Waals surface area contributed by atoms with Crippen molar-refractivity contribution in [3.05, 3.63) is 35.1 Å². The van der Waals surface area contributed by atoms with E-state index >= 15 is 0 Å². The van der Waals surface area contributed by atoms with E-state index in [4.69, 9.17) is 10.2 Å².